The van der Waals surface area contributed by atoms with E-state index in [-0.39, 0.29) is 18.6 Å². The Labute approximate surface area is 173 Å². The van der Waals surface area contributed by atoms with Crippen molar-refractivity contribution < 1.29 is 18.7 Å². The van der Waals surface area contributed by atoms with E-state index in [1.165, 1.54) is 5.01 Å². The fourth-order valence-corrected chi connectivity index (χ4v) is 3.27. The second-order valence-corrected chi connectivity index (χ2v) is 6.93. The molecule has 1 aliphatic heterocycles. The van der Waals surface area contributed by atoms with Gasteiger partial charge in [-0.05, 0) is 54.1 Å². The Morgan fingerprint density at radius 3 is 2.52 bits per heavy atom. The van der Waals surface area contributed by atoms with E-state index in [4.69, 9.17) is 25.5 Å². The minimum absolute atomic E-state index is 0.138. The molecule has 3 aromatic rings. The van der Waals surface area contributed by atoms with Crippen molar-refractivity contribution in [1.82, 2.24) is 5.01 Å². The smallest absolute Gasteiger partial charge is 0.281 e. The molecule has 1 amide bonds. The van der Waals surface area contributed by atoms with Crippen LogP contribution < -0.4 is 9.47 Å². The largest absolute Gasteiger partial charge is 0.497 e. The number of carbonyl (C=O) groups excluding carboxylic acids is 1. The van der Waals surface area contributed by atoms with Gasteiger partial charge in [0.2, 0.25) is 0 Å². The second-order valence-electron chi connectivity index (χ2n) is 6.49. The Hall–Kier alpha value is -3.25. The number of hydrazone groups is 1. The molecule has 1 aromatic heterocycles. The lowest BCUT2D eigenvalue weighted by molar-refractivity contribution is -0.135. The summed E-state index contributed by atoms with van der Waals surface area (Å²) in [5.41, 5.74) is 1.71. The first kappa shape index (κ1) is 19.1. The van der Waals surface area contributed by atoms with E-state index in [1.807, 2.05) is 18.2 Å². The normalized spacial score (nSPS) is 15.9. The standard InChI is InChI=1S/C22H19ClN2O4/c1-27-17-8-10-18(11-9-17)29-14-22(26)25-20(21-3-2-12-28-21)13-19(24-25)15-4-6-16(23)7-5-15/h2-12,20H,13-14H2,1H3/t20-/m0/s1. The molecular formula is C22H19ClN2O4. The van der Waals surface area contributed by atoms with Crippen molar-refractivity contribution >= 4 is 23.2 Å². The molecule has 1 atom stereocenters. The van der Waals surface area contributed by atoms with Gasteiger partial charge in [-0.3, -0.25) is 4.79 Å². The predicted molar refractivity (Wildman–Crippen MR) is 109 cm³/mol. The molecule has 0 aliphatic carbocycles. The summed E-state index contributed by atoms with van der Waals surface area (Å²) in [6.07, 6.45) is 2.13. The van der Waals surface area contributed by atoms with E-state index in [9.17, 15) is 4.79 Å². The lowest BCUT2D eigenvalue weighted by Crippen LogP contribution is -2.31. The van der Waals surface area contributed by atoms with Crippen molar-refractivity contribution in [3.8, 4) is 11.5 Å². The first-order chi connectivity index (χ1) is 14.1. The van der Waals surface area contributed by atoms with Gasteiger partial charge in [-0.15, -0.1) is 0 Å². The topological polar surface area (TPSA) is 64.3 Å². The molecular weight excluding hydrogens is 392 g/mol. The maximum atomic E-state index is 12.9. The predicted octanol–water partition coefficient (Wildman–Crippen LogP) is 4.70. The number of halogens is 1. The first-order valence-electron chi connectivity index (χ1n) is 9.10. The molecule has 2 heterocycles. The summed E-state index contributed by atoms with van der Waals surface area (Å²) >= 11 is 5.98. The molecule has 7 heteroatoms. The van der Waals surface area contributed by atoms with Gasteiger partial charge in [0.05, 0.1) is 19.1 Å². The number of carbonyl (C=O) groups is 1. The molecule has 1 aliphatic rings. The molecule has 0 N–H and O–H groups in total. The van der Waals surface area contributed by atoms with Crippen molar-refractivity contribution in [1.29, 1.82) is 0 Å². The van der Waals surface area contributed by atoms with Crippen LogP contribution in [0.5, 0.6) is 11.5 Å². The molecule has 148 valence electrons. The molecule has 4 rings (SSSR count). The number of ether oxygens (including phenoxy) is 2. The van der Waals surface area contributed by atoms with Crippen LogP contribution in [-0.2, 0) is 4.79 Å². The van der Waals surface area contributed by atoms with Crippen LogP contribution in [0.4, 0.5) is 0 Å². The minimum Gasteiger partial charge on any atom is -0.497 e. The van der Waals surface area contributed by atoms with Crippen LogP contribution in [0.2, 0.25) is 5.02 Å². The van der Waals surface area contributed by atoms with Gasteiger partial charge in [-0.2, -0.15) is 5.10 Å². The lowest BCUT2D eigenvalue weighted by atomic mass is 10.0. The Morgan fingerprint density at radius 1 is 1.14 bits per heavy atom. The van der Waals surface area contributed by atoms with E-state index in [0.29, 0.717) is 23.0 Å². The maximum Gasteiger partial charge on any atom is 0.281 e. The number of hydrogen-bond acceptors (Lipinski definition) is 5. The third-order valence-electron chi connectivity index (χ3n) is 4.64. The van der Waals surface area contributed by atoms with Gasteiger partial charge in [0.15, 0.2) is 6.61 Å². The minimum atomic E-state index is -0.317. The highest BCUT2D eigenvalue weighted by Crippen LogP contribution is 2.33. The number of hydrogen-bond donors (Lipinski definition) is 0. The summed E-state index contributed by atoms with van der Waals surface area (Å²) in [5.74, 6) is 1.72. The monoisotopic (exact) mass is 410 g/mol. The fraction of sp³-hybridized carbons (Fsp3) is 0.182. The third-order valence-corrected chi connectivity index (χ3v) is 4.89. The molecule has 29 heavy (non-hydrogen) atoms. The third kappa shape index (κ3) is 4.27. The van der Waals surface area contributed by atoms with Gasteiger partial charge in [0, 0.05) is 11.4 Å². The summed E-state index contributed by atoms with van der Waals surface area (Å²) in [6, 6.07) is 17.8. The molecule has 0 fully saturated rings. The van der Waals surface area contributed by atoms with Crippen LogP contribution in [0, 0.1) is 0 Å². The SMILES string of the molecule is COc1ccc(OCC(=O)N2N=C(c3ccc(Cl)cc3)C[C@H]2c2ccco2)cc1. The highest BCUT2D eigenvalue weighted by molar-refractivity contribution is 6.30. The average molecular weight is 411 g/mol. The van der Waals surface area contributed by atoms with Crippen LogP contribution >= 0.6 is 11.6 Å². The Morgan fingerprint density at radius 2 is 1.86 bits per heavy atom. The van der Waals surface area contributed by atoms with Crippen LogP contribution in [0.3, 0.4) is 0 Å². The molecule has 0 unspecified atom stereocenters. The van der Waals surface area contributed by atoms with E-state index in [0.717, 1.165) is 17.0 Å². The zero-order valence-corrected chi connectivity index (χ0v) is 16.5. The first-order valence-corrected chi connectivity index (χ1v) is 9.47. The van der Waals surface area contributed by atoms with Crippen molar-refractivity contribution in [2.24, 2.45) is 5.10 Å². The van der Waals surface area contributed by atoms with Gasteiger partial charge < -0.3 is 13.9 Å². The molecule has 0 saturated carbocycles. The summed E-state index contributed by atoms with van der Waals surface area (Å²) in [7, 11) is 1.60. The van der Waals surface area contributed by atoms with Crippen molar-refractivity contribution in [3.63, 3.8) is 0 Å². The van der Waals surface area contributed by atoms with Crippen LogP contribution in [0.15, 0.2) is 76.4 Å². The number of amides is 1. The van der Waals surface area contributed by atoms with Crippen molar-refractivity contribution in [3.05, 3.63) is 83.3 Å². The zero-order chi connectivity index (χ0) is 20.2. The van der Waals surface area contributed by atoms with Gasteiger partial charge in [-0.1, -0.05) is 23.7 Å². The maximum absolute atomic E-state index is 12.9. The Balaban J connectivity index is 1.52. The summed E-state index contributed by atoms with van der Waals surface area (Å²) in [5, 5.41) is 6.65. The number of benzene rings is 2. The lowest BCUT2D eigenvalue weighted by Gasteiger charge is -2.20. The fourth-order valence-electron chi connectivity index (χ4n) is 3.14. The average Bonchev–Trinajstić information content (AvgIpc) is 3.43. The highest BCUT2D eigenvalue weighted by atomic mass is 35.5. The zero-order valence-electron chi connectivity index (χ0n) is 15.7. The van der Waals surface area contributed by atoms with Crippen LogP contribution in [0.1, 0.15) is 23.8 Å². The van der Waals surface area contributed by atoms with Gasteiger partial charge in [-0.25, -0.2) is 5.01 Å². The number of nitrogens with zero attached hydrogens (tertiary/aromatic N) is 2. The number of rotatable bonds is 6. The molecule has 0 saturated heterocycles. The Kier molecular flexibility index (Phi) is 5.53. The molecule has 6 nitrogen and oxygen atoms in total. The number of methoxy groups -OCH3 is 1. The van der Waals surface area contributed by atoms with Crippen molar-refractivity contribution in [2.45, 2.75) is 12.5 Å². The summed E-state index contributed by atoms with van der Waals surface area (Å²) < 4.78 is 16.3. The molecule has 0 radical (unpaired) electrons. The quantitative estimate of drug-likeness (QED) is 0.591. The summed E-state index contributed by atoms with van der Waals surface area (Å²) in [6.45, 7) is -0.138. The molecule has 0 spiro atoms. The van der Waals surface area contributed by atoms with Gasteiger partial charge in [0.25, 0.3) is 5.91 Å². The van der Waals surface area contributed by atoms with E-state index in [2.05, 4.69) is 5.10 Å². The second kappa shape index (κ2) is 8.41. The number of furan rings is 1. The Bertz CT molecular complexity index is 998. The van der Waals surface area contributed by atoms with Gasteiger partial charge >= 0.3 is 0 Å². The highest BCUT2D eigenvalue weighted by Gasteiger charge is 2.35. The van der Waals surface area contributed by atoms with Crippen molar-refractivity contribution in [2.75, 3.05) is 13.7 Å². The molecule has 0 bridgehead atoms. The summed E-state index contributed by atoms with van der Waals surface area (Å²) in [4.78, 5) is 12.9. The van der Waals surface area contributed by atoms with E-state index >= 15 is 0 Å². The van der Waals surface area contributed by atoms with Crippen LogP contribution in [0.25, 0.3) is 0 Å². The van der Waals surface area contributed by atoms with E-state index in [1.54, 1.807) is 55.8 Å². The molecule has 2 aromatic carbocycles. The van der Waals surface area contributed by atoms with Gasteiger partial charge in [0.1, 0.15) is 23.3 Å². The van der Waals surface area contributed by atoms with Crippen LogP contribution in [-0.4, -0.2) is 30.3 Å². The van der Waals surface area contributed by atoms with E-state index < -0.39 is 0 Å².